The first-order valence-corrected chi connectivity index (χ1v) is 5.33. The van der Waals surface area contributed by atoms with Crippen LogP contribution < -0.4 is 5.32 Å². The zero-order chi connectivity index (χ0) is 13.5. The summed E-state index contributed by atoms with van der Waals surface area (Å²) >= 11 is 0. The highest BCUT2D eigenvalue weighted by Crippen LogP contribution is 2.16. The molecule has 0 spiro atoms. The van der Waals surface area contributed by atoms with E-state index in [1.807, 2.05) is 6.92 Å². The van der Waals surface area contributed by atoms with Crippen LogP contribution in [-0.4, -0.2) is 30.7 Å². The Morgan fingerprint density at radius 3 is 2.72 bits per heavy atom. The van der Waals surface area contributed by atoms with Crippen molar-refractivity contribution in [1.29, 1.82) is 0 Å². The van der Waals surface area contributed by atoms with Gasteiger partial charge in [-0.25, -0.2) is 4.79 Å². The summed E-state index contributed by atoms with van der Waals surface area (Å²) in [7, 11) is 1.45. The number of benzene rings is 1. The second-order valence-corrected chi connectivity index (χ2v) is 3.72. The topological polar surface area (TPSA) is 75.6 Å². The first kappa shape index (κ1) is 13.9. The summed E-state index contributed by atoms with van der Waals surface area (Å²) in [5, 5.41) is 11.2. The number of carboxylic acids is 1. The Morgan fingerprint density at radius 2 is 2.17 bits per heavy atom. The molecule has 1 aromatic carbocycles. The number of carbonyl (C=O) groups is 2. The fraction of sp³-hybridized carbons (Fsp3) is 0.231. The lowest BCUT2D eigenvalue weighted by atomic mass is 10.1. The van der Waals surface area contributed by atoms with Crippen LogP contribution in [0.2, 0.25) is 0 Å². The largest absolute Gasteiger partial charge is 0.478 e. The molecule has 0 bridgehead atoms. The van der Waals surface area contributed by atoms with Crippen molar-refractivity contribution in [1.82, 2.24) is 0 Å². The lowest BCUT2D eigenvalue weighted by Crippen LogP contribution is -2.17. The molecule has 1 aromatic rings. The van der Waals surface area contributed by atoms with Crippen molar-refractivity contribution in [3.8, 4) is 0 Å². The smallest absolute Gasteiger partial charge is 0.328 e. The zero-order valence-corrected chi connectivity index (χ0v) is 10.3. The molecule has 0 aromatic heterocycles. The molecule has 0 atom stereocenters. The molecule has 0 heterocycles. The Labute approximate surface area is 105 Å². The van der Waals surface area contributed by atoms with Crippen molar-refractivity contribution in [2.75, 3.05) is 19.0 Å². The van der Waals surface area contributed by atoms with Crippen molar-refractivity contribution in [2.24, 2.45) is 0 Å². The van der Waals surface area contributed by atoms with Crippen LogP contribution in [0.15, 0.2) is 24.3 Å². The molecular formula is C13H15NO4. The minimum atomic E-state index is -0.994. The molecule has 0 saturated heterocycles. The van der Waals surface area contributed by atoms with Crippen LogP contribution in [0.1, 0.15) is 11.1 Å². The van der Waals surface area contributed by atoms with Crippen molar-refractivity contribution in [3.63, 3.8) is 0 Å². The molecule has 0 unspecified atom stereocenters. The van der Waals surface area contributed by atoms with E-state index in [0.717, 1.165) is 17.2 Å². The van der Waals surface area contributed by atoms with Crippen molar-refractivity contribution in [3.05, 3.63) is 35.4 Å². The number of amides is 1. The predicted molar refractivity (Wildman–Crippen MR) is 68.4 cm³/mol. The standard InChI is InChI=1S/C13H15NO4/c1-9-7-11(14-12(15)8-18-2)5-3-10(9)4-6-13(16)17/h3-7H,8H2,1-2H3,(H,14,15)(H,16,17). The van der Waals surface area contributed by atoms with Gasteiger partial charge in [0.05, 0.1) is 0 Å². The van der Waals surface area contributed by atoms with Gasteiger partial charge in [0.1, 0.15) is 6.61 Å². The average molecular weight is 249 g/mol. The highest BCUT2D eigenvalue weighted by Gasteiger charge is 2.03. The molecule has 1 amide bonds. The molecular weight excluding hydrogens is 234 g/mol. The van der Waals surface area contributed by atoms with Gasteiger partial charge >= 0.3 is 5.97 Å². The Balaban J connectivity index is 2.79. The quantitative estimate of drug-likeness (QED) is 0.778. The number of aryl methyl sites for hydroxylation is 1. The van der Waals surface area contributed by atoms with Crippen molar-refractivity contribution in [2.45, 2.75) is 6.92 Å². The van der Waals surface area contributed by atoms with Crippen LogP contribution >= 0.6 is 0 Å². The third-order valence-corrected chi connectivity index (χ3v) is 2.23. The second-order valence-electron chi connectivity index (χ2n) is 3.72. The lowest BCUT2D eigenvalue weighted by Gasteiger charge is -2.07. The number of hydrogen-bond donors (Lipinski definition) is 2. The zero-order valence-electron chi connectivity index (χ0n) is 10.3. The van der Waals surface area contributed by atoms with Gasteiger partial charge in [-0.3, -0.25) is 4.79 Å². The summed E-state index contributed by atoms with van der Waals surface area (Å²) in [5.41, 5.74) is 2.33. The summed E-state index contributed by atoms with van der Waals surface area (Å²) in [6, 6.07) is 5.23. The van der Waals surface area contributed by atoms with Crippen LogP contribution in [0.3, 0.4) is 0 Å². The monoisotopic (exact) mass is 249 g/mol. The predicted octanol–water partition coefficient (Wildman–Crippen LogP) is 1.68. The summed E-state index contributed by atoms with van der Waals surface area (Å²) in [6.45, 7) is 1.84. The van der Waals surface area contributed by atoms with Gasteiger partial charge in [0, 0.05) is 18.9 Å². The number of carboxylic acid groups (broad SMARTS) is 1. The molecule has 1 rings (SSSR count). The number of rotatable bonds is 5. The van der Waals surface area contributed by atoms with Crippen LogP contribution in [0.4, 0.5) is 5.69 Å². The van der Waals surface area contributed by atoms with E-state index in [1.165, 1.54) is 13.2 Å². The third kappa shape index (κ3) is 4.39. The summed E-state index contributed by atoms with van der Waals surface area (Å²) in [5.74, 6) is -1.22. The van der Waals surface area contributed by atoms with E-state index in [1.54, 1.807) is 18.2 Å². The van der Waals surface area contributed by atoms with Gasteiger partial charge in [-0.05, 0) is 36.3 Å². The highest BCUT2D eigenvalue weighted by atomic mass is 16.5. The number of carbonyl (C=O) groups excluding carboxylic acids is 1. The molecule has 2 N–H and O–H groups in total. The number of ether oxygens (including phenoxy) is 1. The van der Waals surface area contributed by atoms with Gasteiger partial charge < -0.3 is 15.2 Å². The molecule has 5 heteroatoms. The normalized spacial score (nSPS) is 10.6. The minimum Gasteiger partial charge on any atom is -0.478 e. The Bertz CT molecular complexity index is 480. The fourth-order valence-electron chi connectivity index (χ4n) is 1.43. The van der Waals surface area contributed by atoms with Crippen LogP contribution in [0, 0.1) is 6.92 Å². The maximum atomic E-state index is 11.3. The molecule has 0 aliphatic carbocycles. The lowest BCUT2D eigenvalue weighted by molar-refractivity contribution is -0.131. The Kier molecular flexibility index (Phi) is 5.07. The summed E-state index contributed by atoms with van der Waals surface area (Å²) in [4.78, 5) is 21.7. The maximum absolute atomic E-state index is 11.3. The molecule has 96 valence electrons. The molecule has 0 radical (unpaired) electrons. The van der Waals surface area contributed by atoms with E-state index in [9.17, 15) is 9.59 Å². The van der Waals surface area contributed by atoms with E-state index < -0.39 is 5.97 Å². The molecule has 0 aliphatic rings. The van der Waals surface area contributed by atoms with E-state index in [-0.39, 0.29) is 12.5 Å². The molecule has 5 nitrogen and oxygen atoms in total. The first-order valence-electron chi connectivity index (χ1n) is 5.33. The Hall–Kier alpha value is -2.14. The van der Waals surface area contributed by atoms with Gasteiger partial charge in [-0.1, -0.05) is 6.07 Å². The van der Waals surface area contributed by atoms with Gasteiger partial charge in [0.2, 0.25) is 5.91 Å². The number of methoxy groups -OCH3 is 1. The van der Waals surface area contributed by atoms with Gasteiger partial charge in [-0.15, -0.1) is 0 Å². The second kappa shape index (κ2) is 6.56. The fourth-order valence-corrected chi connectivity index (χ4v) is 1.43. The third-order valence-electron chi connectivity index (χ3n) is 2.23. The van der Waals surface area contributed by atoms with Crippen LogP contribution in [0.5, 0.6) is 0 Å². The number of aliphatic carboxylic acids is 1. The van der Waals surface area contributed by atoms with E-state index in [4.69, 9.17) is 9.84 Å². The van der Waals surface area contributed by atoms with E-state index in [0.29, 0.717) is 5.69 Å². The summed E-state index contributed by atoms with van der Waals surface area (Å²) < 4.78 is 4.71. The highest BCUT2D eigenvalue weighted by molar-refractivity contribution is 5.92. The van der Waals surface area contributed by atoms with E-state index in [2.05, 4.69) is 5.32 Å². The number of anilines is 1. The SMILES string of the molecule is COCC(=O)Nc1ccc(C=CC(=O)O)c(C)c1. The molecule has 18 heavy (non-hydrogen) atoms. The van der Waals surface area contributed by atoms with Crippen LogP contribution in [0.25, 0.3) is 6.08 Å². The number of nitrogens with one attached hydrogen (secondary N) is 1. The summed E-state index contributed by atoms with van der Waals surface area (Å²) in [6.07, 6.45) is 2.59. The molecule has 0 aliphatic heterocycles. The van der Waals surface area contributed by atoms with E-state index >= 15 is 0 Å². The van der Waals surface area contributed by atoms with Crippen molar-refractivity contribution >= 4 is 23.6 Å². The van der Waals surface area contributed by atoms with Crippen molar-refractivity contribution < 1.29 is 19.4 Å². The van der Waals surface area contributed by atoms with Gasteiger partial charge in [0.25, 0.3) is 0 Å². The maximum Gasteiger partial charge on any atom is 0.328 e. The van der Waals surface area contributed by atoms with Crippen LogP contribution in [-0.2, 0) is 14.3 Å². The van der Waals surface area contributed by atoms with Gasteiger partial charge in [-0.2, -0.15) is 0 Å². The number of hydrogen-bond acceptors (Lipinski definition) is 3. The minimum absolute atomic E-state index is 0.000282. The molecule has 0 saturated carbocycles. The first-order chi connectivity index (χ1) is 8.52. The Morgan fingerprint density at radius 1 is 1.44 bits per heavy atom. The average Bonchev–Trinajstić information content (AvgIpc) is 2.28. The van der Waals surface area contributed by atoms with Gasteiger partial charge in [0.15, 0.2) is 0 Å². The molecule has 0 fully saturated rings.